The third-order valence-electron chi connectivity index (χ3n) is 4.52. The summed E-state index contributed by atoms with van der Waals surface area (Å²) in [5.41, 5.74) is 2.71. The molecule has 28 heavy (non-hydrogen) atoms. The van der Waals surface area contributed by atoms with Crippen LogP contribution in [-0.2, 0) is 10.1 Å². The van der Waals surface area contributed by atoms with Crippen LogP contribution in [0.3, 0.4) is 0 Å². The lowest BCUT2D eigenvalue weighted by Gasteiger charge is -2.38. The minimum atomic E-state index is -4.10. The van der Waals surface area contributed by atoms with E-state index in [-0.39, 0.29) is 18.2 Å². The first kappa shape index (κ1) is 19.4. The van der Waals surface area contributed by atoms with Crippen LogP contribution < -0.4 is 4.90 Å². The van der Waals surface area contributed by atoms with E-state index in [1.807, 2.05) is 54.6 Å². The van der Waals surface area contributed by atoms with Crippen molar-refractivity contribution in [3.63, 3.8) is 0 Å². The SMILES string of the molecule is O=S(=O)(O)CCC(c1ccccn1)N1c2ccccc2Sc2ccc(Br)cc21. The van der Waals surface area contributed by atoms with Gasteiger partial charge in [0, 0.05) is 20.5 Å². The number of hydrogen-bond donors (Lipinski definition) is 1. The number of aromatic nitrogens is 1. The Bertz CT molecular complexity index is 1110. The van der Waals surface area contributed by atoms with Gasteiger partial charge in [-0.3, -0.25) is 9.54 Å². The van der Waals surface area contributed by atoms with Gasteiger partial charge in [-0.05, 0) is 48.9 Å². The number of rotatable bonds is 5. The molecule has 4 rings (SSSR count). The van der Waals surface area contributed by atoms with Gasteiger partial charge in [0.05, 0.1) is 28.9 Å². The molecule has 1 aliphatic rings. The molecule has 1 aliphatic heterocycles. The summed E-state index contributed by atoms with van der Waals surface area (Å²) in [5, 5.41) is 0. The number of pyridine rings is 1. The van der Waals surface area contributed by atoms with Gasteiger partial charge >= 0.3 is 0 Å². The average molecular weight is 477 g/mol. The van der Waals surface area contributed by atoms with E-state index in [2.05, 4.69) is 31.9 Å². The van der Waals surface area contributed by atoms with Gasteiger partial charge in [-0.1, -0.05) is 45.9 Å². The summed E-state index contributed by atoms with van der Waals surface area (Å²) in [5.74, 6) is -0.344. The van der Waals surface area contributed by atoms with Crippen LogP contribution in [0.15, 0.2) is 81.1 Å². The molecule has 1 N–H and O–H groups in total. The molecule has 1 unspecified atom stereocenters. The van der Waals surface area contributed by atoms with Crippen LogP contribution in [0.4, 0.5) is 11.4 Å². The summed E-state index contributed by atoms with van der Waals surface area (Å²) < 4.78 is 33.3. The van der Waals surface area contributed by atoms with E-state index < -0.39 is 10.1 Å². The number of anilines is 2. The van der Waals surface area contributed by atoms with Crippen LogP contribution in [-0.4, -0.2) is 23.7 Å². The van der Waals surface area contributed by atoms with E-state index in [0.29, 0.717) is 0 Å². The van der Waals surface area contributed by atoms with E-state index in [9.17, 15) is 13.0 Å². The molecule has 3 aromatic rings. The zero-order chi connectivity index (χ0) is 19.7. The Morgan fingerprint density at radius 2 is 1.79 bits per heavy atom. The van der Waals surface area contributed by atoms with Crippen molar-refractivity contribution in [2.75, 3.05) is 10.7 Å². The van der Waals surface area contributed by atoms with Crippen LogP contribution in [0.5, 0.6) is 0 Å². The quantitative estimate of drug-likeness (QED) is 0.492. The molecule has 0 amide bonds. The third kappa shape index (κ3) is 4.10. The Hall–Kier alpha value is -1.87. The summed E-state index contributed by atoms with van der Waals surface area (Å²) in [6.07, 6.45) is 1.91. The largest absolute Gasteiger partial charge is 0.330 e. The number of benzene rings is 2. The molecule has 8 heteroatoms. The Labute approximate surface area is 176 Å². The number of para-hydroxylation sites is 1. The molecule has 0 saturated heterocycles. The first-order chi connectivity index (χ1) is 13.4. The van der Waals surface area contributed by atoms with Crippen molar-refractivity contribution in [1.29, 1.82) is 0 Å². The second-order valence-electron chi connectivity index (χ2n) is 6.40. The van der Waals surface area contributed by atoms with E-state index in [1.165, 1.54) is 0 Å². The minimum Gasteiger partial charge on any atom is -0.330 e. The highest BCUT2D eigenvalue weighted by Crippen LogP contribution is 2.52. The van der Waals surface area contributed by atoms with Crippen molar-refractivity contribution in [3.8, 4) is 0 Å². The Kier molecular flexibility index (Phi) is 5.46. The normalized spacial score (nSPS) is 14.3. The summed E-state index contributed by atoms with van der Waals surface area (Å²) in [4.78, 5) is 8.78. The fourth-order valence-electron chi connectivity index (χ4n) is 3.33. The van der Waals surface area contributed by atoms with E-state index >= 15 is 0 Å². The molecule has 0 saturated carbocycles. The van der Waals surface area contributed by atoms with E-state index in [0.717, 1.165) is 31.3 Å². The van der Waals surface area contributed by atoms with Crippen molar-refractivity contribution in [2.45, 2.75) is 22.3 Å². The van der Waals surface area contributed by atoms with Gasteiger partial charge in [0.15, 0.2) is 0 Å². The van der Waals surface area contributed by atoms with Gasteiger partial charge in [0.25, 0.3) is 10.1 Å². The highest BCUT2D eigenvalue weighted by atomic mass is 79.9. The zero-order valence-electron chi connectivity index (χ0n) is 14.7. The number of nitrogens with zero attached hydrogens (tertiary/aromatic N) is 2. The van der Waals surface area contributed by atoms with Crippen molar-refractivity contribution in [1.82, 2.24) is 4.98 Å². The Morgan fingerprint density at radius 3 is 2.54 bits per heavy atom. The molecule has 0 bridgehead atoms. The number of halogens is 1. The highest BCUT2D eigenvalue weighted by molar-refractivity contribution is 9.10. The van der Waals surface area contributed by atoms with E-state index in [1.54, 1.807) is 18.0 Å². The Morgan fingerprint density at radius 1 is 1.04 bits per heavy atom. The average Bonchev–Trinajstić information content (AvgIpc) is 2.67. The highest BCUT2D eigenvalue weighted by Gasteiger charge is 2.31. The maximum absolute atomic E-state index is 11.5. The fraction of sp³-hybridized carbons (Fsp3) is 0.150. The molecule has 1 aromatic heterocycles. The second kappa shape index (κ2) is 7.87. The summed E-state index contributed by atoms with van der Waals surface area (Å²) >= 11 is 5.23. The lowest BCUT2D eigenvalue weighted by molar-refractivity contribution is 0.476. The summed E-state index contributed by atoms with van der Waals surface area (Å²) in [6, 6.07) is 19.3. The van der Waals surface area contributed by atoms with Gasteiger partial charge in [0.1, 0.15) is 0 Å². The number of fused-ring (bicyclic) bond motifs is 2. The molecule has 144 valence electrons. The molecular weight excluding hydrogens is 460 g/mol. The summed E-state index contributed by atoms with van der Waals surface area (Å²) in [7, 11) is -4.10. The zero-order valence-corrected chi connectivity index (χ0v) is 17.9. The molecule has 2 heterocycles. The molecule has 0 aliphatic carbocycles. The predicted octanol–water partition coefficient (Wildman–Crippen LogP) is 5.47. The predicted molar refractivity (Wildman–Crippen MR) is 115 cm³/mol. The molecular formula is C20H17BrN2O3S2. The van der Waals surface area contributed by atoms with Gasteiger partial charge < -0.3 is 4.90 Å². The van der Waals surface area contributed by atoms with Crippen molar-refractivity contribution in [3.05, 3.63) is 77.0 Å². The molecule has 0 spiro atoms. The van der Waals surface area contributed by atoms with Crippen LogP contribution in [0.25, 0.3) is 0 Å². The molecule has 1 atom stereocenters. The molecule has 0 fully saturated rings. The molecule has 2 aromatic carbocycles. The Balaban J connectivity index is 1.88. The van der Waals surface area contributed by atoms with Crippen LogP contribution in [0.2, 0.25) is 0 Å². The van der Waals surface area contributed by atoms with Crippen LogP contribution >= 0.6 is 27.7 Å². The smallest absolute Gasteiger partial charge is 0.264 e. The van der Waals surface area contributed by atoms with Gasteiger partial charge in [-0.15, -0.1) is 0 Å². The van der Waals surface area contributed by atoms with E-state index in [4.69, 9.17) is 0 Å². The first-order valence-electron chi connectivity index (χ1n) is 8.64. The lowest BCUT2D eigenvalue weighted by atomic mass is 10.1. The van der Waals surface area contributed by atoms with Gasteiger partial charge in [-0.25, -0.2) is 0 Å². The molecule has 5 nitrogen and oxygen atoms in total. The third-order valence-corrected chi connectivity index (χ3v) is 6.89. The topological polar surface area (TPSA) is 70.5 Å². The first-order valence-corrected chi connectivity index (χ1v) is 11.9. The minimum absolute atomic E-state index is 0.209. The maximum Gasteiger partial charge on any atom is 0.264 e. The van der Waals surface area contributed by atoms with Crippen molar-refractivity contribution in [2.24, 2.45) is 0 Å². The van der Waals surface area contributed by atoms with Crippen LogP contribution in [0, 0.1) is 0 Å². The van der Waals surface area contributed by atoms with Gasteiger partial charge in [0.2, 0.25) is 0 Å². The number of hydrogen-bond acceptors (Lipinski definition) is 5. The van der Waals surface area contributed by atoms with Crippen LogP contribution in [0.1, 0.15) is 18.2 Å². The van der Waals surface area contributed by atoms with Crippen molar-refractivity contribution < 1.29 is 13.0 Å². The van der Waals surface area contributed by atoms with Crippen molar-refractivity contribution >= 4 is 49.2 Å². The maximum atomic E-state index is 11.5. The standard InChI is InChI=1S/C20H17BrN2O3S2/c21-14-8-9-20-18(13-14)23(17-6-1-2-7-19(17)27-20)16(10-12-28(24,25)26)15-5-3-4-11-22-15/h1-9,11,13,16H,10,12H2,(H,24,25,26). The fourth-order valence-corrected chi connectivity index (χ4v) is 5.26. The molecule has 0 radical (unpaired) electrons. The summed E-state index contributed by atoms with van der Waals surface area (Å²) in [6.45, 7) is 0. The lowest BCUT2D eigenvalue weighted by Crippen LogP contribution is -2.29. The van der Waals surface area contributed by atoms with Gasteiger partial charge in [-0.2, -0.15) is 8.42 Å². The second-order valence-corrected chi connectivity index (χ2v) is 9.97. The monoisotopic (exact) mass is 476 g/mol.